The molecule has 0 amide bonds. The van der Waals surface area contributed by atoms with E-state index in [1.807, 2.05) is 5.97 Å². The highest BCUT2D eigenvalue weighted by molar-refractivity contribution is 6.54. The summed E-state index contributed by atoms with van der Waals surface area (Å²) in [6, 6.07) is 0. The Hall–Kier alpha value is -0.525. The van der Waals surface area contributed by atoms with Crippen molar-refractivity contribution in [2.45, 2.75) is 0 Å². The van der Waals surface area contributed by atoms with Crippen LogP contribution in [-0.4, -0.2) is 20.3 Å². The van der Waals surface area contributed by atoms with E-state index in [1.165, 1.54) is 0 Å². The number of nitriles is 1. The van der Waals surface area contributed by atoms with Gasteiger partial charge in [-0.15, -0.1) is 0 Å². The van der Waals surface area contributed by atoms with Crippen LogP contribution in [0.5, 0.6) is 0 Å². The molecule has 0 aliphatic carbocycles. The number of hydrogen-bond donors (Lipinski definition) is 0. The zero-order chi connectivity index (χ0) is 5.11. The lowest BCUT2D eigenvalue weighted by atomic mass is 9.96. The first kappa shape index (κ1) is 4.63. The average molecular weight is 96.9 g/mol. The van der Waals surface area contributed by atoms with Gasteiger partial charge in [0.25, 0.3) is 0 Å². The molecule has 0 aromatic carbocycles. The highest BCUT2D eigenvalue weighted by Gasteiger charge is 2.22. The Labute approximate surface area is 42.0 Å². The van der Waals surface area contributed by atoms with Gasteiger partial charge in [0, 0.05) is 0 Å². The van der Waals surface area contributed by atoms with Gasteiger partial charge in [0.2, 0.25) is 0 Å². The number of rotatable bonds is 0. The third kappa shape index (κ3) is 0.920. The predicted molar refractivity (Wildman–Crippen MR) is 23.3 cm³/mol. The summed E-state index contributed by atoms with van der Waals surface area (Å²) < 4.78 is 9.44. The highest BCUT2D eigenvalue weighted by atomic mass is 16.6. The molecule has 1 heterocycles. The molecule has 1 saturated heterocycles. The maximum absolute atomic E-state index is 8.07. The highest BCUT2D eigenvalue weighted by Crippen LogP contribution is 1.95. The summed E-state index contributed by atoms with van der Waals surface area (Å²) in [5.74, 6) is 1.82. The van der Waals surface area contributed by atoms with Gasteiger partial charge in [-0.2, -0.15) is 0 Å². The molecule has 1 aliphatic heterocycles. The third-order valence-corrected chi connectivity index (χ3v) is 0.727. The lowest BCUT2D eigenvalue weighted by Gasteiger charge is -1.83. The lowest BCUT2D eigenvalue weighted by molar-refractivity contribution is 0.365. The SMILES string of the molecule is N#CB1OCCO1. The van der Waals surface area contributed by atoms with Crippen LogP contribution in [0.3, 0.4) is 0 Å². The molecule has 0 saturated carbocycles. The van der Waals surface area contributed by atoms with Crippen LogP contribution >= 0.6 is 0 Å². The van der Waals surface area contributed by atoms with Crippen molar-refractivity contribution in [3.8, 4) is 5.97 Å². The number of hydrogen-bond acceptors (Lipinski definition) is 3. The zero-order valence-corrected chi connectivity index (χ0v) is 3.76. The van der Waals surface area contributed by atoms with Crippen molar-refractivity contribution in [3.05, 3.63) is 0 Å². The topological polar surface area (TPSA) is 42.2 Å². The van der Waals surface area contributed by atoms with Gasteiger partial charge in [-0.1, -0.05) is 0 Å². The van der Waals surface area contributed by atoms with Crippen LogP contribution in [0.1, 0.15) is 0 Å². The molecule has 1 fully saturated rings. The van der Waals surface area contributed by atoms with E-state index in [0.717, 1.165) is 0 Å². The minimum absolute atomic E-state index is 0.554. The van der Waals surface area contributed by atoms with Crippen molar-refractivity contribution in [3.63, 3.8) is 0 Å². The molecule has 4 heteroatoms. The molecule has 0 radical (unpaired) electrons. The van der Waals surface area contributed by atoms with Gasteiger partial charge < -0.3 is 9.31 Å². The van der Waals surface area contributed by atoms with Crippen molar-refractivity contribution in [1.29, 1.82) is 5.26 Å². The van der Waals surface area contributed by atoms with Crippen LogP contribution in [-0.2, 0) is 9.31 Å². The van der Waals surface area contributed by atoms with E-state index in [1.54, 1.807) is 0 Å². The molecule has 3 nitrogen and oxygen atoms in total. The summed E-state index contributed by atoms with van der Waals surface area (Å²) in [6.45, 7) is 1.11. The fourth-order valence-corrected chi connectivity index (χ4v) is 0.433. The maximum atomic E-state index is 8.07. The molecule has 0 atom stereocenters. The van der Waals surface area contributed by atoms with Crippen LogP contribution < -0.4 is 0 Å². The second-order valence-corrected chi connectivity index (χ2v) is 1.20. The molecule has 0 spiro atoms. The van der Waals surface area contributed by atoms with Crippen molar-refractivity contribution in [1.82, 2.24) is 0 Å². The van der Waals surface area contributed by atoms with Crippen molar-refractivity contribution in [2.75, 3.05) is 13.2 Å². The second kappa shape index (κ2) is 1.96. The van der Waals surface area contributed by atoms with Gasteiger partial charge in [-0.25, -0.2) is 5.26 Å². The first-order valence-corrected chi connectivity index (χ1v) is 2.06. The molecule has 0 unspecified atom stereocenters. The minimum Gasteiger partial charge on any atom is -0.397 e. The van der Waals surface area contributed by atoms with E-state index in [9.17, 15) is 0 Å². The van der Waals surface area contributed by atoms with Gasteiger partial charge >= 0.3 is 7.12 Å². The molecule has 0 aromatic rings. The molecular weight excluding hydrogens is 92.8 g/mol. The van der Waals surface area contributed by atoms with E-state index >= 15 is 0 Å². The number of nitrogens with zero attached hydrogens (tertiary/aromatic N) is 1. The first-order chi connectivity index (χ1) is 3.43. The van der Waals surface area contributed by atoms with Crippen molar-refractivity contribution < 1.29 is 9.31 Å². The van der Waals surface area contributed by atoms with E-state index in [4.69, 9.17) is 14.6 Å². The monoisotopic (exact) mass is 97.0 g/mol. The molecule has 1 rings (SSSR count). The molecule has 0 N–H and O–H groups in total. The van der Waals surface area contributed by atoms with Gasteiger partial charge in [-0.05, 0) is 0 Å². The molecule has 0 aromatic heterocycles. The Morgan fingerprint density at radius 3 is 2.29 bits per heavy atom. The molecule has 0 bridgehead atoms. The summed E-state index contributed by atoms with van der Waals surface area (Å²) in [4.78, 5) is 0. The largest absolute Gasteiger partial charge is 0.578 e. The summed E-state index contributed by atoms with van der Waals surface area (Å²) in [7, 11) is -0.597. The fraction of sp³-hybridized carbons (Fsp3) is 0.667. The van der Waals surface area contributed by atoms with Crippen LogP contribution in [0.2, 0.25) is 0 Å². The first-order valence-electron chi connectivity index (χ1n) is 2.06. The van der Waals surface area contributed by atoms with Crippen LogP contribution in [0.15, 0.2) is 0 Å². The van der Waals surface area contributed by atoms with Crippen LogP contribution in [0, 0.1) is 11.2 Å². The fourth-order valence-electron chi connectivity index (χ4n) is 0.433. The molecule has 1 aliphatic rings. The standard InChI is InChI=1S/C3H4BNO2/c5-3-4-6-1-2-7-4/h1-2H2. The Bertz CT molecular complexity index is 93.6. The third-order valence-electron chi connectivity index (χ3n) is 0.727. The second-order valence-electron chi connectivity index (χ2n) is 1.20. The normalized spacial score (nSPS) is 19.6. The Morgan fingerprint density at radius 2 is 2.00 bits per heavy atom. The van der Waals surface area contributed by atoms with Crippen molar-refractivity contribution in [2.24, 2.45) is 0 Å². The van der Waals surface area contributed by atoms with Crippen LogP contribution in [0.4, 0.5) is 0 Å². The summed E-state index contributed by atoms with van der Waals surface area (Å²) in [5.41, 5.74) is 0. The van der Waals surface area contributed by atoms with E-state index in [-0.39, 0.29) is 0 Å². The average Bonchev–Trinajstić information content (AvgIpc) is 2.14. The predicted octanol–water partition coefficient (Wildman–Crippen LogP) is -0.416. The summed E-state index contributed by atoms with van der Waals surface area (Å²) in [6.07, 6.45) is 0. The van der Waals surface area contributed by atoms with Gasteiger partial charge in [-0.3, -0.25) is 0 Å². The van der Waals surface area contributed by atoms with E-state index in [0.29, 0.717) is 13.2 Å². The van der Waals surface area contributed by atoms with Crippen LogP contribution in [0.25, 0.3) is 0 Å². The summed E-state index contributed by atoms with van der Waals surface area (Å²) in [5, 5.41) is 8.07. The molecule has 36 valence electrons. The van der Waals surface area contributed by atoms with Gasteiger partial charge in [0.1, 0.15) is 0 Å². The Balaban J connectivity index is 2.31. The lowest BCUT2D eigenvalue weighted by Crippen LogP contribution is -2.09. The molecular formula is C3H4BNO2. The Morgan fingerprint density at radius 1 is 1.43 bits per heavy atom. The van der Waals surface area contributed by atoms with E-state index in [2.05, 4.69) is 0 Å². The minimum atomic E-state index is -0.597. The van der Waals surface area contributed by atoms with Gasteiger partial charge in [0.05, 0.1) is 19.2 Å². The smallest absolute Gasteiger partial charge is 0.397 e. The van der Waals surface area contributed by atoms with E-state index < -0.39 is 7.12 Å². The zero-order valence-electron chi connectivity index (χ0n) is 3.76. The maximum Gasteiger partial charge on any atom is 0.578 e. The van der Waals surface area contributed by atoms with Crippen molar-refractivity contribution >= 4 is 7.12 Å². The Kier molecular flexibility index (Phi) is 1.30. The summed E-state index contributed by atoms with van der Waals surface area (Å²) >= 11 is 0. The quantitative estimate of drug-likeness (QED) is 0.385. The van der Waals surface area contributed by atoms with Gasteiger partial charge in [0.15, 0.2) is 0 Å². The molecule has 7 heavy (non-hydrogen) atoms.